The van der Waals surface area contributed by atoms with Gasteiger partial charge in [0.15, 0.2) is 0 Å². The molecule has 0 saturated heterocycles. The number of likely N-dealkylation sites (N-methyl/N-ethyl adjacent to an activating group) is 2. The lowest BCUT2D eigenvalue weighted by Gasteiger charge is -2.25. The Labute approximate surface area is 124 Å². The van der Waals surface area contributed by atoms with Gasteiger partial charge in [-0.3, -0.25) is 14.2 Å². The number of nitrogens with one attached hydrogen (secondary N) is 1. The van der Waals surface area contributed by atoms with Gasteiger partial charge in [-0.25, -0.2) is 0 Å². The largest absolute Gasteiger partial charge is 0.337 e. The SMILES string of the molecule is CCN(Cc1cnn(C)c1)C(=O)C(NC)c1cnn(C)c1. The molecule has 1 atom stereocenters. The number of aromatic nitrogens is 4. The van der Waals surface area contributed by atoms with Crippen LogP contribution in [0.1, 0.15) is 24.1 Å². The summed E-state index contributed by atoms with van der Waals surface area (Å²) in [5.74, 6) is 0.0388. The highest BCUT2D eigenvalue weighted by molar-refractivity contribution is 5.83. The third-order valence-corrected chi connectivity index (χ3v) is 3.42. The van der Waals surface area contributed by atoms with Gasteiger partial charge < -0.3 is 10.2 Å². The molecule has 1 N–H and O–H groups in total. The molecule has 0 spiro atoms. The lowest BCUT2D eigenvalue weighted by molar-refractivity contribution is -0.133. The average Bonchev–Trinajstić information content (AvgIpc) is 3.06. The van der Waals surface area contributed by atoms with E-state index in [1.165, 1.54) is 0 Å². The summed E-state index contributed by atoms with van der Waals surface area (Å²) in [6.07, 6.45) is 7.29. The Morgan fingerprint density at radius 2 is 1.95 bits per heavy atom. The first-order valence-corrected chi connectivity index (χ1v) is 6.97. The summed E-state index contributed by atoms with van der Waals surface area (Å²) < 4.78 is 3.44. The van der Waals surface area contributed by atoms with E-state index >= 15 is 0 Å². The minimum Gasteiger partial charge on any atom is -0.337 e. The summed E-state index contributed by atoms with van der Waals surface area (Å²) >= 11 is 0. The highest BCUT2D eigenvalue weighted by Gasteiger charge is 2.25. The molecule has 7 nitrogen and oxygen atoms in total. The molecule has 0 aromatic carbocycles. The first-order valence-electron chi connectivity index (χ1n) is 6.97. The molecule has 2 heterocycles. The molecule has 1 unspecified atom stereocenters. The van der Waals surface area contributed by atoms with Crippen molar-refractivity contribution in [2.45, 2.75) is 19.5 Å². The number of aryl methyl sites for hydroxylation is 2. The number of nitrogens with zero attached hydrogens (tertiary/aromatic N) is 5. The Bertz CT molecular complexity index is 602. The number of hydrogen-bond donors (Lipinski definition) is 1. The Morgan fingerprint density at radius 1 is 1.29 bits per heavy atom. The first-order chi connectivity index (χ1) is 10.0. The van der Waals surface area contributed by atoms with Crippen molar-refractivity contribution >= 4 is 5.91 Å². The summed E-state index contributed by atoms with van der Waals surface area (Å²) in [7, 11) is 5.50. The zero-order chi connectivity index (χ0) is 15.4. The maximum absolute atomic E-state index is 12.7. The lowest BCUT2D eigenvalue weighted by atomic mass is 10.1. The van der Waals surface area contributed by atoms with E-state index in [1.807, 2.05) is 38.3 Å². The van der Waals surface area contributed by atoms with Crippen LogP contribution in [0.3, 0.4) is 0 Å². The molecule has 2 rings (SSSR count). The normalized spacial score (nSPS) is 12.4. The third kappa shape index (κ3) is 3.49. The van der Waals surface area contributed by atoms with Crippen molar-refractivity contribution in [1.29, 1.82) is 0 Å². The van der Waals surface area contributed by atoms with Crippen LogP contribution in [-0.4, -0.2) is 44.0 Å². The van der Waals surface area contributed by atoms with Crippen molar-refractivity contribution in [2.75, 3.05) is 13.6 Å². The second-order valence-electron chi connectivity index (χ2n) is 5.04. The molecule has 0 aliphatic heterocycles. The van der Waals surface area contributed by atoms with Gasteiger partial charge in [0.25, 0.3) is 0 Å². The zero-order valence-electron chi connectivity index (χ0n) is 12.9. The molecule has 0 radical (unpaired) electrons. The van der Waals surface area contributed by atoms with Crippen LogP contribution in [-0.2, 0) is 25.4 Å². The first kappa shape index (κ1) is 15.2. The molecule has 114 valence electrons. The molecule has 0 saturated carbocycles. The van der Waals surface area contributed by atoms with Crippen LogP contribution in [0.5, 0.6) is 0 Å². The van der Waals surface area contributed by atoms with Gasteiger partial charge in [-0.15, -0.1) is 0 Å². The summed E-state index contributed by atoms with van der Waals surface area (Å²) in [6, 6.07) is -0.379. The van der Waals surface area contributed by atoms with Gasteiger partial charge in [0.2, 0.25) is 5.91 Å². The van der Waals surface area contributed by atoms with E-state index < -0.39 is 0 Å². The van der Waals surface area contributed by atoms with E-state index in [0.29, 0.717) is 13.1 Å². The standard InChI is InChI=1S/C14H22N6O/c1-5-20(9-11-6-16-18(3)8-11)14(21)13(15-2)12-7-17-19(4)10-12/h6-8,10,13,15H,5,9H2,1-4H3. The molecular formula is C14H22N6O. The Hall–Kier alpha value is -2.15. The van der Waals surface area contributed by atoms with Gasteiger partial charge in [0.05, 0.1) is 12.4 Å². The van der Waals surface area contributed by atoms with E-state index in [9.17, 15) is 4.79 Å². The Kier molecular flexibility index (Phi) is 4.74. The van der Waals surface area contributed by atoms with Gasteiger partial charge in [0, 0.05) is 50.7 Å². The molecule has 2 aromatic heterocycles. The molecule has 21 heavy (non-hydrogen) atoms. The van der Waals surface area contributed by atoms with E-state index in [1.54, 1.807) is 28.8 Å². The van der Waals surface area contributed by atoms with Gasteiger partial charge in [0.1, 0.15) is 6.04 Å². The fourth-order valence-corrected chi connectivity index (χ4v) is 2.32. The van der Waals surface area contributed by atoms with Gasteiger partial charge >= 0.3 is 0 Å². The maximum atomic E-state index is 12.7. The van der Waals surface area contributed by atoms with Crippen molar-refractivity contribution in [3.8, 4) is 0 Å². The van der Waals surface area contributed by atoms with Gasteiger partial charge in [-0.1, -0.05) is 0 Å². The number of rotatable bonds is 6. The summed E-state index contributed by atoms with van der Waals surface area (Å²) in [6.45, 7) is 3.18. The van der Waals surface area contributed by atoms with E-state index in [2.05, 4.69) is 15.5 Å². The summed E-state index contributed by atoms with van der Waals surface area (Å²) in [5.41, 5.74) is 1.89. The van der Waals surface area contributed by atoms with Crippen molar-refractivity contribution < 1.29 is 4.79 Å². The number of amides is 1. The molecule has 1 amide bonds. The third-order valence-electron chi connectivity index (χ3n) is 3.42. The van der Waals surface area contributed by atoms with Gasteiger partial charge in [-0.05, 0) is 14.0 Å². The second-order valence-corrected chi connectivity index (χ2v) is 5.04. The topological polar surface area (TPSA) is 68.0 Å². The molecule has 7 heteroatoms. The molecule has 2 aromatic rings. The molecule has 0 bridgehead atoms. The fraction of sp³-hybridized carbons (Fsp3) is 0.500. The second kappa shape index (κ2) is 6.53. The number of carbonyl (C=O) groups excluding carboxylic acids is 1. The van der Waals surface area contributed by atoms with Crippen LogP contribution in [0.25, 0.3) is 0 Å². The van der Waals surface area contributed by atoms with Crippen molar-refractivity contribution in [3.63, 3.8) is 0 Å². The van der Waals surface area contributed by atoms with Crippen LogP contribution in [0.15, 0.2) is 24.8 Å². The average molecular weight is 290 g/mol. The molecule has 0 fully saturated rings. The molecule has 0 aliphatic rings. The Balaban J connectivity index is 2.14. The molecule has 0 aliphatic carbocycles. The number of carbonyl (C=O) groups is 1. The summed E-state index contributed by atoms with van der Waals surface area (Å²) in [5, 5.41) is 11.3. The van der Waals surface area contributed by atoms with Crippen molar-refractivity contribution in [2.24, 2.45) is 14.1 Å². The van der Waals surface area contributed by atoms with Crippen LogP contribution < -0.4 is 5.32 Å². The minimum atomic E-state index is -0.379. The maximum Gasteiger partial charge on any atom is 0.244 e. The van der Waals surface area contributed by atoms with Crippen LogP contribution in [0, 0.1) is 0 Å². The van der Waals surface area contributed by atoms with Crippen molar-refractivity contribution in [3.05, 3.63) is 35.9 Å². The van der Waals surface area contributed by atoms with E-state index in [4.69, 9.17) is 0 Å². The number of hydrogen-bond acceptors (Lipinski definition) is 4. The predicted octanol–water partition coefficient (Wildman–Crippen LogP) is 0.463. The summed E-state index contributed by atoms with van der Waals surface area (Å²) in [4.78, 5) is 14.5. The monoisotopic (exact) mass is 290 g/mol. The van der Waals surface area contributed by atoms with Crippen LogP contribution >= 0.6 is 0 Å². The smallest absolute Gasteiger partial charge is 0.244 e. The lowest BCUT2D eigenvalue weighted by Crippen LogP contribution is -2.39. The molecular weight excluding hydrogens is 268 g/mol. The van der Waals surface area contributed by atoms with Crippen LogP contribution in [0.4, 0.5) is 0 Å². The van der Waals surface area contributed by atoms with Gasteiger partial charge in [-0.2, -0.15) is 10.2 Å². The zero-order valence-corrected chi connectivity index (χ0v) is 12.9. The highest BCUT2D eigenvalue weighted by atomic mass is 16.2. The predicted molar refractivity (Wildman–Crippen MR) is 79.3 cm³/mol. The van der Waals surface area contributed by atoms with E-state index in [-0.39, 0.29) is 11.9 Å². The fourth-order valence-electron chi connectivity index (χ4n) is 2.32. The highest BCUT2D eigenvalue weighted by Crippen LogP contribution is 2.16. The van der Waals surface area contributed by atoms with Crippen LogP contribution in [0.2, 0.25) is 0 Å². The minimum absolute atomic E-state index is 0.0388. The Morgan fingerprint density at radius 3 is 2.43 bits per heavy atom. The van der Waals surface area contributed by atoms with E-state index in [0.717, 1.165) is 11.1 Å². The van der Waals surface area contributed by atoms with Crippen molar-refractivity contribution in [1.82, 2.24) is 29.8 Å². The quantitative estimate of drug-likeness (QED) is 0.839.